The van der Waals surface area contributed by atoms with E-state index in [1.807, 2.05) is 25.1 Å². The van der Waals surface area contributed by atoms with Crippen molar-refractivity contribution in [2.75, 3.05) is 0 Å². The number of benzene rings is 1. The Kier molecular flexibility index (Phi) is 3.63. The van der Waals surface area contributed by atoms with E-state index in [-0.39, 0.29) is 4.83 Å². The fourth-order valence-electron chi connectivity index (χ4n) is 1.53. The van der Waals surface area contributed by atoms with E-state index in [9.17, 15) is 0 Å². The number of alkyl halides is 1. The van der Waals surface area contributed by atoms with Crippen LogP contribution in [0.5, 0.6) is 0 Å². The van der Waals surface area contributed by atoms with Crippen molar-refractivity contribution in [1.29, 1.82) is 0 Å². The Morgan fingerprint density at radius 2 is 1.94 bits per heavy atom. The predicted octanol–water partition coefficient (Wildman–Crippen LogP) is 5.38. The molecule has 1 aromatic heterocycles. The van der Waals surface area contributed by atoms with Gasteiger partial charge in [0, 0.05) is 15.6 Å². The first kappa shape index (κ1) is 12.0. The van der Waals surface area contributed by atoms with Gasteiger partial charge in [-0.3, -0.25) is 0 Å². The normalized spacial score (nSPS) is 12.8. The summed E-state index contributed by atoms with van der Waals surface area (Å²) in [5.41, 5.74) is 2.06. The molecule has 0 spiro atoms. The average molecular weight is 320 g/mol. The standard InChI is InChI=1S/C12H9BrCl2O/c1-7-9(4-5-16-7)12(13)10-3-2-8(14)6-11(10)15/h2-6,12H,1H3. The Hall–Kier alpha value is -0.440. The summed E-state index contributed by atoms with van der Waals surface area (Å²) in [5, 5.41) is 1.28. The zero-order valence-corrected chi connectivity index (χ0v) is 11.6. The van der Waals surface area contributed by atoms with Crippen LogP contribution in [0, 0.1) is 6.92 Å². The van der Waals surface area contributed by atoms with Gasteiger partial charge in [0.05, 0.1) is 11.1 Å². The van der Waals surface area contributed by atoms with E-state index in [0.717, 1.165) is 16.9 Å². The van der Waals surface area contributed by atoms with Crippen molar-refractivity contribution in [3.8, 4) is 0 Å². The molecule has 84 valence electrons. The van der Waals surface area contributed by atoms with Crippen molar-refractivity contribution < 1.29 is 4.42 Å². The van der Waals surface area contributed by atoms with Crippen molar-refractivity contribution in [1.82, 2.24) is 0 Å². The molecule has 0 radical (unpaired) electrons. The van der Waals surface area contributed by atoms with E-state index in [1.165, 1.54) is 0 Å². The van der Waals surface area contributed by atoms with Crippen molar-refractivity contribution in [2.45, 2.75) is 11.8 Å². The highest BCUT2D eigenvalue weighted by atomic mass is 79.9. The Balaban J connectivity index is 2.41. The Morgan fingerprint density at radius 1 is 1.19 bits per heavy atom. The molecule has 0 saturated carbocycles. The van der Waals surface area contributed by atoms with Crippen LogP contribution in [0.2, 0.25) is 10.0 Å². The molecule has 0 saturated heterocycles. The van der Waals surface area contributed by atoms with Gasteiger partial charge in [-0.15, -0.1) is 0 Å². The zero-order valence-electron chi connectivity index (χ0n) is 8.51. The van der Waals surface area contributed by atoms with E-state index in [4.69, 9.17) is 27.6 Å². The third-order valence-electron chi connectivity index (χ3n) is 2.41. The van der Waals surface area contributed by atoms with Crippen LogP contribution in [0.25, 0.3) is 0 Å². The van der Waals surface area contributed by atoms with Crippen molar-refractivity contribution in [2.24, 2.45) is 0 Å². The molecule has 0 N–H and O–H groups in total. The van der Waals surface area contributed by atoms with Crippen LogP contribution in [0.1, 0.15) is 21.7 Å². The predicted molar refractivity (Wildman–Crippen MR) is 70.7 cm³/mol. The van der Waals surface area contributed by atoms with Crippen LogP contribution in [0.4, 0.5) is 0 Å². The molecule has 2 rings (SSSR count). The summed E-state index contributed by atoms with van der Waals surface area (Å²) < 4.78 is 5.27. The van der Waals surface area contributed by atoms with Crippen LogP contribution in [0.15, 0.2) is 34.9 Å². The minimum atomic E-state index is 0.0241. The minimum Gasteiger partial charge on any atom is -0.469 e. The molecule has 1 atom stereocenters. The number of aryl methyl sites for hydroxylation is 1. The second-order valence-corrected chi connectivity index (χ2v) is 5.22. The molecule has 4 heteroatoms. The molecular weight excluding hydrogens is 311 g/mol. The average Bonchev–Trinajstić information content (AvgIpc) is 2.63. The SMILES string of the molecule is Cc1occc1C(Br)c1ccc(Cl)cc1Cl. The fourth-order valence-corrected chi connectivity index (χ4v) is 3.06. The molecular formula is C12H9BrCl2O. The van der Waals surface area contributed by atoms with Crippen LogP contribution >= 0.6 is 39.1 Å². The lowest BCUT2D eigenvalue weighted by Gasteiger charge is -2.11. The largest absolute Gasteiger partial charge is 0.469 e. The summed E-state index contributed by atoms with van der Waals surface area (Å²) in [6.45, 7) is 1.92. The number of furan rings is 1. The van der Waals surface area contributed by atoms with E-state index in [0.29, 0.717) is 10.0 Å². The lowest BCUT2D eigenvalue weighted by atomic mass is 10.1. The molecule has 1 nitrogen and oxygen atoms in total. The summed E-state index contributed by atoms with van der Waals surface area (Å²) in [4.78, 5) is 0.0241. The van der Waals surface area contributed by atoms with Crippen molar-refractivity contribution >= 4 is 39.1 Å². The van der Waals surface area contributed by atoms with Gasteiger partial charge in [-0.1, -0.05) is 45.2 Å². The highest BCUT2D eigenvalue weighted by Crippen LogP contribution is 2.37. The number of rotatable bonds is 2. The first-order valence-corrected chi connectivity index (χ1v) is 6.40. The molecule has 16 heavy (non-hydrogen) atoms. The highest BCUT2D eigenvalue weighted by molar-refractivity contribution is 9.09. The topological polar surface area (TPSA) is 13.1 Å². The number of hydrogen-bond acceptors (Lipinski definition) is 1. The van der Waals surface area contributed by atoms with E-state index in [2.05, 4.69) is 15.9 Å². The van der Waals surface area contributed by atoms with E-state index >= 15 is 0 Å². The molecule has 1 aromatic carbocycles. The number of halogens is 3. The lowest BCUT2D eigenvalue weighted by molar-refractivity contribution is 0.530. The van der Waals surface area contributed by atoms with Gasteiger partial charge in [0.25, 0.3) is 0 Å². The molecule has 0 amide bonds. The fraction of sp³-hybridized carbons (Fsp3) is 0.167. The Labute approximate surface area is 112 Å². The number of hydrogen-bond donors (Lipinski definition) is 0. The van der Waals surface area contributed by atoms with E-state index < -0.39 is 0 Å². The first-order chi connectivity index (χ1) is 7.59. The minimum absolute atomic E-state index is 0.0241. The Bertz CT molecular complexity index is 507. The molecule has 0 aliphatic rings. The summed E-state index contributed by atoms with van der Waals surface area (Å²) in [6, 6.07) is 7.41. The van der Waals surface area contributed by atoms with Gasteiger partial charge < -0.3 is 4.42 Å². The molecule has 0 bridgehead atoms. The van der Waals surface area contributed by atoms with Gasteiger partial charge in [0.1, 0.15) is 5.76 Å². The summed E-state index contributed by atoms with van der Waals surface area (Å²) in [5.74, 6) is 0.882. The third kappa shape index (κ3) is 2.29. The molecule has 1 unspecified atom stereocenters. The maximum atomic E-state index is 6.15. The molecule has 0 aliphatic carbocycles. The van der Waals surface area contributed by atoms with Gasteiger partial charge in [0.15, 0.2) is 0 Å². The van der Waals surface area contributed by atoms with Gasteiger partial charge in [-0.2, -0.15) is 0 Å². The second-order valence-electron chi connectivity index (χ2n) is 3.46. The lowest BCUT2D eigenvalue weighted by Crippen LogP contribution is -1.93. The smallest absolute Gasteiger partial charge is 0.105 e. The van der Waals surface area contributed by atoms with Gasteiger partial charge >= 0.3 is 0 Å². The van der Waals surface area contributed by atoms with Gasteiger partial charge in [-0.05, 0) is 30.7 Å². The Morgan fingerprint density at radius 3 is 2.50 bits per heavy atom. The summed E-state index contributed by atoms with van der Waals surface area (Å²) >= 11 is 15.6. The van der Waals surface area contributed by atoms with Crippen LogP contribution in [-0.4, -0.2) is 0 Å². The maximum Gasteiger partial charge on any atom is 0.105 e. The third-order valence-corrected chi connectivity index (χ3v) is 3.96. The van der Waals surface area contributed by atoms with Crippen LogP contribution in [0.3, 0.4) is 0 Å². The molecule has 0 aliphatic heterocycles. The van der Waals surface area contributed by atoms with Gasteiger partial charge in [-0.25, -0.2) is 0 Å². The summed E-state index contributed by atoms with van der Waals surface area (Å²) in [7, 11) is 0. The highest BCUT2D eigenvalue weighted by Gasteiger charge is 2.17. The molecule has 1 heterocycles. The molecule has 0 fully saturated rings. The quantitative estimate of drug-likeness (QED) is 0.677. The van der Waals surface area contributed by atoms with Crippen molar-refractivity contribution in [3.63, 3.8) is 0 Å². The van der Waals surface area contributed by atoms with Crippen LogP contribution < -0.4 is 0 Å². The van der Waals surface area contributed by atoms with Crippen LogP contribution in [-0.2, 0) is 0 Å². The maximum absolute atomic E-state index is 6.15. The van der Waals surface area contributed by atoms with E-state index in [1.54, 1.807) is 12.3 Å². The van der Waals surface area contributed by atoms with Gasteiger partial charge in [0.2, 0.25) is 0 Å². The summed E-state index contributed by atoms with van der Waals surface area (Å²) in [6.07, 6.45) is 1.67. The monoisotopic (exact) mass is 318 g/mol. The first-order valence-electron chi connectivity index (χ1n) is 4.72. The second kappa shape index (κ2) is 4.82. The zero-order chi connectivity index (χ0) is 11.7. The van der Waals surface area contributed by atoms with Crippen molar-refractivity contribution in [3.05, 3.63) is 57.5 Å². The molecule has 2 aromatic rings.